The molecule has 1 aromatic carbocycles. The zero-order chi connectivity index (χ0) is 14.6. The summed E-state index contributed by atoms with van der Waals surface area (Å²) in [5.41, 5.74) is 7.17. The molecule has 5 heteroatoms. The standard InChI is InChI=1S/C15H20N2O2S/c1-17(20(18,19)12-15-8-9-15)11-14-6-4-13(5-7-14)3-2-10-16/h4-7,15H,8-12,16H2,1H3. The molecule has 4 nitrogen and oxygen atoms in total. The first-order chi connectivity index (χ1) is 9.51. The van der Waals surface area contributed by atoms with Crippen molar-refractivity contribution in [3.63, 3.8) is 0 Å². The summed E-state index contributed by atoms with van der Waals surface area (Å²) >= 11 is 0. The van der Waals surface area contributed by atoms with Gasteiger partial charge in [-0.1, -0.05) is 24.0 Å². The zero-order valence-corrected chi connectivity index (χ0v) is 12.5. The highest BCUT2D eigenvalue weighted by Crippen LogP contribution is 2.31. The molecular weight excluding hydrogens is 272 g/mol. The molecule has 1 aromatic rings. The number of sulfonamides is 1. The third kappa shape index (κ3) is 4.34. The normalized spacial score (nSPS) is 14.9. The Labute approximate surface area is 121 Å². The summed E-state index contributed by atoms with van der Waals surface area (Å²) in [6, 6.07) is 7.59. The number of rotatable bonds is 5. The minimum atomic E-state index is -3.13. The van der Waals surface area contributed by atoms with Crippen LogP contribution in [-0.2, 0) is 16.6 Å². The van der Waals surface area contributed by atoms with Crippen molar-refractivity contribution in [2.24, 2.45) is 11.7 Å². The van der Waals surface area contributed by atoms with Crippen molar-refractivity contribution in [3.05, 3.63) is 35.4 Å². The van der Waals surface area contributed by atoms with Gasteiger partial charge in [-0.2, -0.15) is 0 Å². The summed E-state index contributed by atoms with van der Waals surface area (Å²) in [7, 11) is -1.49. The largest absolute Gasteiger partial charge is 0.320 e. The second kappa shape index (κ2) is 6.40. The highest BCUT2D eigenvalue weighted by Gasteiger charge is 2.30. The smallest absolute Gasteiger partial charge is 0.214 e. The molecule has 0 unspecified atom stereocenters. The first-order valence-corrected chi connectivity index (χ1v) is 8.34. The summed E-state index contributed by atoms with van der Waals surface area (Å²) in [6.07, 6.45) is 2.09. The van der Waals surface area contributed by atoms with Crippen LogP contribution in [0.3, 0.4) is 0 Å². The summed E-state index contributed by atoms with van der Waals surface area (Å²) in [5, 5.41) is 0. The van der Waals surface area contributed by atoms with Gasteiger partial charge in [-0.05, 0) is 36.5 Å². The van der Waals surface area contributed by atoms with Crippen molar-refractivity contribution in [1.82, 2.24) is 4.31 Å². The van der Waals surface area contributed by atoms with Crippen LogP contribution in [0.15, 0.2) is 24.3 Å². The number of benzene rings is 1. The van der Waals surface area contributed by atoms with Crippen LogP contribution in [0.25, 0.3) is 0 Å². The van der Waals surface area contributed by atoms with E-state index in [-0.39, 0.29) is 5.75 Å². The molecule has 1 aliphatic rings. The molecule has 0 aliphatic heterocycles. The van der Waals surface area contributed by atoms with E-state index in [1.54, 1.807) is 7.05 Å². The third-order valence-corrected chi connectivity index (χ3v) is 5.28. The summed E-state index contributed by atoms with van der Waals surface area (Å²) in [6.45, 7) is 0.740. The zero-order valence-electron chi connectivity index (χ0n) is 11.7. The van der Waals surface area contributed by atoms with E-state index in [0.717, 1.165) is 24.0 Å². The predicted octanol–water partition coefficient (Wildman–Crippen LogP) is 1.17. The van der Waals surface area contributed by atoms with E-state index in [9.17, 15) is 8.42 Å². The molecule has 1 aliphatic carbocycles. The first-order valence-electron chi connectivity index (χ1n) is 6.73. The second-order valence-corrected chi connectivity index (χ2v) is 7.30. The Morgan fingerprint density at radius 1 is 1.30 bits per heavy atom. The van der Waals surface area contributed by atoms with Gasteiger partial charge >= 0.3 is 0 Å². The molecule has 2 rings (SSSR count). The van der Waals surface area contributed by atoms with E-state index >= 15 is 0 Å². The fourth-order valence-corrected chi connectivity index (χ4v) is 3.44. The molecule has 0 heterocycles. The maximum Gasteiger partial charge on any atom is 0.214 e. The van der Waals surface area contributed by atoms with Crippen LogP contribution in [0.4, 0.5) is 0 Å². The Hall–Kier alpha value is -1.35. The van der Waals surface area contributed by atoms with Gasteiger partial charge < -0.3 is 5.73 Å². The summed E-state index contributed by atoms with van der Waals surface area (Å²) in [4.78, 5) is 0. The molecule has 1 saturated carbocycles. The fourth-order valence-electron chi connectivity index (χ4n) is 1.91. The lowest BCUT2D eigenvalue weighted by atomic mass is 10.1. The van der Waals surface area contributed by atoms with Crippen LogP contribution in [-0.4, -0.2) is 32.1 Å². The average molecular weight is 292 g/mol. The van der Waals surface area contributed by atoms with E-state index in [1.165, 1.54) is 4.31 Å². The molecule has 108 valence electrons. The Morgan fingerprint density at radius 3 is 2.50 bits per heavy atom. The van der Waals surface area contributed by atoms with E-state index in [2.05, 4.69) is 11.8 Å². The SMILES string of the molecule is CN(Cc1ccc(C#CCN)cc1)S(=O)(=O)CC1CC1. The first kappa shape index (κ1) is 15.0. The van der Waals surface area contributed by atoms with E-state index < -0.39 is 10.0 Å². The van der Waals surface area contributed by atoms with Crippen LogP contribution >= 0.6 is 0 Å². The highest BCUT2D eigenvalue weighted by molar-refractivity contribution is 7.89. The lowest BCUT2D eigenvalue weighted by Gasteiger charge is -2.17. The molecule has 0 spiro atoms. The predicted molar refractivity (Wildman–Crippen MR) is 80.4 cm³/mol. The molecule has 1 fully saturated rings. The number of nitrogens with zero attached hydrogens (tertiary/aromatic N) is 1. The molecule has 0 radical (unpaired) electrons. The molecule has 20 heavy (non-hydrogen) atoms. The molecule has 0 amide bonds. The van der Waals surface area contributed by atoms with E-state index in [4.69, 9.17) is 5.73 Å². The van der Waals surface area contributed by atoms with Crippen LogP contribution < -0.4 is 5.73 Å². The van der Waals surface area contributed by atoms with Crippen molar-refractivity contribution < 1.29 is 8.42 Å². The van der Waals surface area contributed by atoms with Gasteiger partial charge in [0.2, 0.25) is 10.0 Å². The van der Waals surface area contributed by atoms with E-state index in [0.29, 0.717) is 19.0 Å². The number of hydrogen-bond acceptors (Lipinski definition) is 3. The Morgan fingerprint density at radius 2 is 1.95 bits per heavy atom. The third-order valence-electron chi connectivity index (χ3n) is 3.31. The van der Waals surface area contributed by atoms with Gasteiger partial charge in [0.15, 0.2) is 0 Å². The van der Waals surface area contributed by atoms with Crippen LogP contribution in [0.5, 0.6) is 0 Å². The fraction of sp³-hybridized carbons (Fsp3) is 0.467. The monoisotopic (exact) mass is 292 g/mol. The Balaban J connectivity index is 1.98. The van der Waals surface area contributed by atoms with Gasteiger partial charge in [0.1, 0.15) is 0 Å². The number of hydrogen-bond donors (Lipinski definition) is 1. The molecule has 0 atom stereocenters. The molecule has 0 saturated heterocycles. The molecule has 2 N–H and O–H groups in total. The van der Waals surface area contributed by atoms with Crippen molar-refractivity contribution in [2.75, 3.05) is 19.3 Å². The molecule has 0 bridgehead atoms. The van der Waals surface area contributed by atoms with Gasteiger partial charge in [0, 0.05) is 19.2 Å². The maximum absolute atomic E-state index is 12.1. The van der Waals surface area contributed by atoms with E-state index in [1.807, 2.05) is 24.3 Å². The highest BCUT2D eigenvalue weighted by atomic mass is 32.2. The van der Waals surface area contributed by atoms with Crippen molar-refractivity contribution >= 4 is 10.0 Å². The van der Waals surface area contributed by atoms with Gasteiger partial charge in [0.05, 0.1) is 12.3 Å². The summed E-state index contributed by atoms with van der Waals surface area (Å²) < 4.78 is 25.6. The van der Waals surface area contributed by atoms with Gasteiger partial charge in [-0.15, -0.1) is 0 Å². The minimum absolute atomic E-state index is 0.281. The Kier molecular flexibility index (Phi) is 4.81. The number of nitrogens with two attached hydrogens (primary N) is 1. The second-order valence-electron chi connectivity index (χ2n) is 5.18. The minimum Gasteiger partial charge on any atom is -0.320 e. The van der Waals surface area contributed by atoms with Crippen molar-refractivity contribution in [2.45, 2.75) is 19.4 Å². The van der Waals surface area contributed by atoms with Gasteiger partial charge in [-0.3, -0.25) is 0 Å². The lowest BCUT2D eigenvalue weighted by molar-refractivity contribution is 0.464. The lowest BCUT2D eigenvalue weighted by Crippen LogP contribution is -2.29. The molecular formula is C15H20N2O2S. The van der Waals surface area contributed by atoms with Crippen LogP contribution in [0, 0.1) is 17.8 Å². The average Bonchev–Trinajstić information content (AvgIpc) is 3.21. The maximum atomic E-state index is 12.1. The molecule has 0 aromatic heterocycles. The van der Waals surface area contributed by atoms with Gasteiger partial charge in [-0.25, -0.2) is 12.7 Å². The summed E-state index contributed by atoms with van der Waals surface area (Å²) in [5.74, 6) is 6.38. The van der Waals surface area contributed by atoms with Crippen molar-refractivity contribution in [3.8, 4) is 11.8 Å². The van der Waals surface area contributed by atoms with Gasteiger partial charge in [0.25, 0.3) is 0 Å². The quantitative estimate of drug-likeness (QED) is 0.829. The van der Waals surface area contributed by atoms with Crippen LogP contribution in [0.1, 0.15) is 24.0 Å². The van der Waals surface area contributed by atoms with Crippen molar-refractivity contribution in [1.29, 1.82) is 0 Å². The topological polar surface area (TPSA) is 63.4 Å². The Bertz CT molecular complexity index is 608. The van der Waals surface area contributed by atoms with Crippen LogP contribution in [0.2, 0.25) is 0 Å².